The van der Waals surface area contributed by atoms with Crippen LogP contribution in [-0.4, -0.2) is 150 Å². The predicted octanol–water partition coefficient (Wildman–Crippen LogP) is 13.3. The van der Waals surface area contributed by atoms with Crippen molar-refractivity contribution in [2.24, 2.45) is 23.7 Å². The Balaban J connectivity index is -0.00000107. The summed E-state index contributed by atoms with van der Waals surface area (Å²) in [6.07, 6.45) is 25.3. The van der Waals surface area contributed by atoms with Crippen molar-refractivity contribution in [3.05, 3.63) is 76.2 Å². The van der Waals surface area contributed by atoms with Crippen LogP contribution in [0.25, 0.3) is 0 Å². The molecular weight excluding hydrogens is 1480 g/mol. The summed E-state index contributed by atoms with van der Waals surface area (Å²) in [5.74, 6) is 2.10. The van der Waals surface area contributed by atoms with Crippen molar-refractivity contribution in [3.63, 3.8) is 0 Å². The summed E-state index contributed by atoms with van der Waals surface area (Å²) in [5, 5.41) is 22.1. The van der Waals surface area contributed by atoms with Crippen LogP contribution in [0.2, 0.25) is 0 Å². The Kier molecular flexibility index (Phi) is 54.3. The Morgan fingerprint density at radius 2 is 1.17 bits per heavy atom. The van der Waals surface area contributed by atoms with Gasteiger partial charge in [0.25, 0.3) is 40.5 Å². The van der Waals surface area contributed by atoms with E-state index in [9.17, 15) is 68.5 Å². The van der Waals surface area contributed by atoms with Crippen molar-refractivity contribution in [2.45, 2.75) is 255 Å². The van der Waals surface area contributed by atoms with Crippen LogP contribution < -0.4 is 5.32 Å². The fourth-order valence-corrected chi connectivity index (χ4v) is 14.2. The van der Waals surface area contributed by atoms with Crippen molar-refractivity contribution >= 4 is 94.1 Å². The van der Waals surface area contributed by atoms with Gasteiger partial charge in [-0.15, -0.1) is 11.3 Å². The third kappa shape index (κ3) is 58.7. The van der Waals surface area contributed by atoms with Crippen molar-refractivity contribution in [2.75, 3.05) is 25.5 Å². The second-order valence-corrected chi connectivity index (χ2v) is 35.5. The normalized spacial score (nSPS) is 18.4. The number of carboxylic acid groups (broad SMARTS) is 2. The topological polar surface area (TPSA) is 490 Å². The molecule has 4 atom stereocenters. The molecule has 2 aromatic heterocycles. The highest BCUT2D eigenvalue weighted by molar-refractivity contribution is 7.90. The molecule has 6 rings (SSSR count). The van der Waals surface area contributed by atoms with Gasteiger partial charge in [0.05, 0.1) is 45.0 Å². The van der Waals surface area contributed by atoms with Gasteiger partial charge in [-0.3, -0.25) is 41.5 Å². The number of aliphatic carboxylic acids is 2. The van der Waals surface area contributed by atoms with E-state index >= 15 is 0 Å². The van der Waals surface area contributed by atoms with Crippen LogP contribution in [0.15, 0.2) is 78.6 Å². The van der Waals surface area contributed by atoms with Crippen LogP contribution in [0, 0.1) is 41.8 Å². The summed E-state index contributed by atoms with van der Waals surface area (Å²) in [6, 6.07) is 12.1. The Bertz CT molecular complexity index is 3590. The quantitative estimate of drug-likeness (QED) is 0.0203. The average Bonchev–Trinajstić information content (AvgIpc) is 1.86. The molecule has 3 fully saturated rings. The molecule has 4 unspecified atom stereocenters. The molecule has 101 heavy (non-hydrogen) atoms. The lowest BCUT2D eigenvalue weighted by molar-refractivity contribution is -0.147. The molecule has 0 bridgehead atoms. The van der Waals surface area contributed by atoms with Crippen molar-refractivity contribution in [3.8, 4) is 11.2 Å². The van der Waals surface area contributed by atoms with E-state index in [0.717, 1.165) is 149 Å². The van der Waals surface area contributed by atoms with Gasteiger partial charge in [-0.25, -0.2) is 0 Å². The number of hydrogen-bond acceptors (Lipinski definition) is 20. The molecule has 3 aliphatic rings. The number of carboxylic acids is 2. The van der Waals surface area contributed by atoms with E-state index in [2.05, 4.69) is 38.9 Å². The number of benzene rings is 1. The van der Waals surface area contributed by atoms with Gasteiger partial charge in [-0.05, 0) is 152 Å². The molecule has 4 heterocycles. The van der Waals surface area contributed by atoms with Gasteiger partial charge in [-0.2, -0.15) is 58.9 Å². The largest absolute Gasteiger partial charge is 0.481 e. The molecule has 3 aromatic rings. The monoisotopic (exact) mass is 1600 g/mol. The summed E-state index contributed by atoms with van der Waals surface area (Å²) in [4.78, 5) is 21.9. The van der Waals surface area contributed by atoms with E-state index < -0.39 is 88.0 Å². The van der Waals surface area contributed by atoms with Crippen LogP contribution in [0.4, 0.5) is 0 Å². The van der Waals surface area contributed by atoms with E-state index in [1.807, 2.05) is 34.6 Å². The maximum atomic E-state index is 10.8. The maximum Gasteiger partial charge on any atom is 0.335 e. The molecule has 0 radical (unpaired) electrons. The second-order valence-electron chi connectivity index (χ2n) is 24.2. The fraction of sp³-hybridized carbons (Fsp3) is 0.692. The van der Waals surface area contributed by atoms with E-state index in [0.29, 0.717) is 69.3 Å². The summed E-state index contributed by atoms with van der Waals surface area (Å²) in [5.41, 5.74) is 0.956. The first-order valence-electron chi connectivity index (χ1n) is 33.7. The zero-order valence-corrected chi connectivity index (χ0v) is 66.1. The molecule has 588 valence electrons. The number of hydrogen-bond donors (Lipinski definition) is 10. The number of rotatable bonds is 26. The summed E-state index contributed by atoms with van der Waals surface area (Å²) in [6.45, 7) is 20.2. The molecule has 2 saturated heterocycles. The van der Waals surface area contributed by atoms with E-state index in [4.69, 9.17) is 51.2 Å². The average molecular weight is 1600 g/mol. The second kappa shape index (κ2) is 54.3. The predicted molar refractivity (Wildman–Crippen MR) is 391 cm³/mol. The molecule has 1 aliphatic carbocycles. The van der Waals surface area contributed by atoms with Crippen molar-refractivity contribution < 1.29 is 120 Å². The molecule has 1 saturated carbocycles. The van der Waals surface area contributed by atoms with Gasteiger partial charge in [0.2, 0.25) is 5.09 Å². The first-order chi connectivity index (χ1) is 46.7. The number of piperidine rings is 1. The van der Waals surface area contributed by atoms with Gasteiger partial charge in [0, 0.05) is 30.4 Å². The highest BCUT2D eigenvalue weighted by Gasteiger charge is 2.29. The first kappa shape index (κ1) is 101. The van der Waals surface area contributed by atoms with Crippen LogP contribution in [0.3, 0.4) is 0 Å². The van der Waals surface area contributed by atoms with Gasteiger partial charge < -0.3 is 24.7 Å². The Labute approximate surface area is 606 Å². The highest BCUT2D eigenvalue weighted by atomic mass is 32.3. The lowest BCUT2D eigenvalue weighted by Gasteiger charge is -2.26. The number of thiophene rings is 1. The number of carbonyl (C=O) groups is 2. The number of furan rings is 1. The first-order valence-corrected chi connectivity index (χ1v) is 44.9. The van der Waals surface area contributed by atoms with E-state index in [1.165, 1.54) is 43.2 Å². The van der Waals surface area contributed by atoms with Crippen molar-refractivity contribution in [1.29, 1.82) is 0 Å². The van der Waals surface area contributed by atoms with E-state index in [1.54, 1.807) is 29.5 Å². The molecule has 10 N–H and O–H groups in total. The SMILES string of the molecule is CC1COCC(C(=O)O)C1.CC1NCCCC1C(=O)O.CCCC1CCC(S(=O)(=O)O)CC1.CCCCC/C=C/S(=O)(=O)O.CCCCCC#CS(=O)(=O)O.CCCCCCCS(=O)(=O)O.CCCc1ccc(S(=O)(=O)O)o1.CCCc1ccc(S(=O)(=O)O)s1.Cc1ccc(S(=O)(=O)O)cc1. The summed E-state index contributed by atoms with van der Waals surface area (Å²) >= 11 is 1.13. The molecule has 2 aliphatic heterocycles. The van der Waals surface area contributed by atoms with Gasteiger partial charge in [0.1, 0.15) is 9.97 Å². The van der Waals surface area contributed by atoms with E-state index in [-0.39, 0.29) is 37.8 Å². The standard InChI is InChI=1S/C9H18O3S.C7H13NO2.C7H10O4S.C7H10O3S2.C7H8O3S.C7H16O3S.C7H14O3S.C7H12O3S.C7H12O3/c1-2-3-8-4-6-9(7-5-8)13(10,11)12;1-5-6(7(9)10)3-2-4-8-5;2*1-2-3-6-4-5-7(11-6)12(8,9)10;1-6-2-4-7(5-3-6)11(8,9)10;3*1-2-3-4-5-6-7-11(8,9)10;1-5-2-6(7(8)9)4-10-3-5/h8-9H,2-7H2,1H3,(H,10,11,12);5-6,8H,2-4H2,1H3,(H,9,10);2*4-5H,2-3H2,1H3,(H,8,9,10);2-5H,1H3,(H,8,9,10);2-7H2,1H3,(H,8,9,10);6-7H,2-5H2,1H3,(H,8,9,10);2-5H2,1H3,(H,8,9,10);5-6H,2-4H2,1H3,(H,8,9)/b;;;;;;7-6+;;. The Hall–Kier alpha value is -4.27. The minimum Gasteiger partial charge on any atom is -0.481 e. The van der Waals surface area contributed by atoms with Crippen LogP contribution in [-0.2, 0) is 98.0 Å². The van der Waals surface area contributed by atoms with Crippen LogP contribution in [0.5, 0.6) is 0 Å². The van der Waals surface area contributed by atoms with Crippen LogP contribution in [0.1, 0.15) is 226 Å². The van der Waals surface area contributed by atoms with Crippen LogP contribution >= 0.6 is 11.3 Å². The number of unbranched alkanes of at least 4 members (excludes halogenated alkanes) is 10. The molecule has 1 aromatic carbocycles. The highest BCUT2D eigenvalue weighted by Crippen LogP contribution is 2.31. The molecule has 0 amide bonds. The lowest BCUT2D eigenvalue weighted by atomic mass is 9.86. The molecule has 0 spiro atoms. The smallest absolute Gasteiger partial charge is 0.335 e. The third-order valence-electron chi connectivity index (χ3n) is 14.7. The zero-order chi connectivity index (χ0) is 78.1. The van der Waals surface area contributed by atoms with Gasteiger partial charge in [-0.1, -0.05) is 149 Å². The fourth-order valence-electron chi connectivity index (χ4n) is 9.37. The van der Waals surface area contributed by atoms with Gasteiger partial charge >= 0.3 is 42.3 Å². The Morgan fingerprint density at radius 3 is 1.58 bits per heavy atom. The summed E-state index contributed by atoms with van der Waals surface area (Å²) in [7, 11) is -27.6. The molecule has 28 nitrogen and oxygen atoms in total. The van der Waals surface area contributed by atoms with Crippen molar-refractivity contribution in [1.82, 2.24) is 5.32 Å². The third-order valence-corrected chi connectivity index (χ3v) is 21.8. The molecular formula is C65H113NO27S8. The van der Waals surface area contributed by atoms with Gasteiger partial charge in [0.15, 0.2) is 0 Å². The Morgan fingerprint density at radius 1 is 0.604 bits per heavy atom. The number of aryl methyl sites for hydroxylation is 3. The molecule has 36 heteroatoms. The minimum atomic E-state index is -4.17. The zero-order valence-electron chi connectivity index (χ0n) is 59.6. The summed E-state index contributed by atoms with van der Waals surface area (Å²) < 4.78 is 215. The number of ether oxygens (including phenoxy) is 1. The number of allylic oxidation sites excluding steroid dienone is 1. The minimum absolute atomic E-state index is 0.0333. The number of nitrogens with one attached hydrogen (secondary N) is 1. The maximum absolute atomic E-state index is 10.8. The lowest BCUT2D eigenvalue weighted by Crippen LogP contribution is -2.42.